The van der Waals surface area contributed by atoms with Crippen molar-refractivity contribution in [3.63, 3.8) is 0 Å². The number of ether oxygens (including phenoxy) is 1. The third kappa shape index (κ3) is 1.20. The Morgan fingerprint density at radius 1 is 1.17 bits per heavy atom. The summed E-state index contributed by atoms with van der Waals surface area (Å²) in [5, 5.41) is 0. The molecule has 0 N–H and O–H groups in total. The Balaban J connectivity index is 2.83. The summed E-state index contributed by atoms with van der Waals surface area (Å²) in [6.45, 7) is 1.07. The Morgan fingerprint density at radius 3 is 2.33 bits per heavy atom. The van der Waals surface area contributed by atoms with Gasteiger partial charge < -0.3 is 4.74 Å². The Kier molecular flexibility index (Phi) is 2.59. The zero-order valence-corrected chi connectivity index (χ0v) is 9.80. The van der Waals surface area contributed by atoms with Gasteiger partial charge in [-0.05, 0) is 6.07 Å². The molecule has 6 nitrogen and oxygen atoms in total. The first-order valence-electron chi connectivity index (χ1n) is 5.15. The topological polar surface area (TPSA) is 77.5 Å². The average Bonchev–Trinajstić information content (AvgIpc) is 2.60. The number of imide groups is 3. The lowest BCUT2D eigenvalue weighted by Crippen LogP contribution is -2.60. The van der Waals surface area contributed by atoms with E-state index in [1.54, 1.807) is 12.1 Å². The number of Topliss-reactive ketones (excluding diaryl/α,β-unsaturated/α-hetero) is 1. The van der Waals surface area contributed by atoms with E-state index in [9.17, 15) is 19.2 Å². The first-order chi connectivity index (χ1) is 8.47. The number of rotatable bonds is 0. The lowest BCUT2D eigenvalue weighted by Gasteiger charge is -2.21. The number of hydrogen-bond acceptors (Lipinski definition) is 5. The van der Waals surface area contributed by atoms with E-state index in [2.05, 4.69) is 4.74 Å². The highest BCUT2D eigenvalue weighted by Crippen LogP contribution is 2.36. The Morgan fingerprint density at radius 2 is 1.78 bits per heavy atom. The molecule has 1 aliphatic heterocycles. The number of fused-ring (bicyclic) bond motifs is 1. The molecule has 2 rings (SSSR count). The number of nitrogens with zero attached hydrogens (tertiary/aromatic N) is 1. The van der Waals surface area contributed by atoms with Crippen molar-refractivity contribution >= 4 is 29.4 Å². The van der Waals surface area contributed by atoms with Crippen molar-refractivity contribution < 1.29 is 23.9 Å². The fraction of sp³-hybridized carbons (Fsp3) is 0.167. The van der Waals surface area contributed by atoms with E-state index in [1.165, 1.54) is 12.1 Å². The van der Waals surface area contributed by atoms with Crippen LogP contribution in [-0.4, -0.2) is 30.8 Å². The van der Waals surface area contributed by atoms with Crippen molar-refractivity contribution in [2.45, 2.75) is 6.92 Å². The number of carbonyl (C=O) groups excluding carboxylic acids is 4. The van der Waals surface area contributed by atoms with Gasteiger partial charge in [0.1, 0.15) is 0 Å². The molecule has 1 aromatic rings. The monoisotopic (exact) mass is 248 g/mol. The van der Waals surface area contributed by atoms with Crippen LogP contribution in [-0.2, 0) is 14.3 Å². The average molecular weight is 248 g/mol. The van der Waals surface area contributed by atoms with E-state index in [1.807, 2.05) is 0 Å². The zero-order chi connectivity index (χ0) is 13.5. The van der Waals surface area contributed by atoms with Crippen molar-refractivity contribution in [1.29, 1.82) is 0 Å². The summed E-state index contributed by atoms with van der Waals surface area (Å²) in [5.41, 5.74) is 0.106. The molecule has 1 aliphatic rings. The van der Waals surface area contributed by atoms with Crippen molar-refractivity contribution in [3.8, 4) is 0 Å². The molecule has 0 saturated heterocycles. The summed E-state index contributed by atoms with van der Waals surface area (Å²) in [6.07, 6.45) is -1.08. The second kappa shape index (κ2) is 3.85. The summed E-state index contributed by atoms with van der Waals surface area (Å²) in [6, 6.07) is 5.91. The predicted molar refractivity (Wildman–Crippen MR) is 60.7 cm³/mol. The molecular weight excluding hydrogens is 238 g/mol. The molecule has 3 amide bonds. The highest BCUT2D eigenvalue weighted by atomic mass is 16.6. The smallest absolute Gasteiger partial charge is 0.422 e. The molecule has 18 heavy (non-hydrogen) atoms. The molecular formula is C12H10NO5+. The van der Waals surface area contributed by atoms with Crippen LogP contribution in [0.25, 0.3) is 0 Å². The molecule has 1 unspecified atom stereocenters. The quantitative estimate of drug-likeness (QED) is 0.506. The van der Waals surface area contributed by atoms with Crippen LogP contribution in [0.5, 0.6) is 0 Å². The molecule has 0 spiro atoms. The molecule has 92 valence electrons. The predicted octanol–water partition coefficient (Wildman–Crippen LogP) is 1.03. The molecule has 1 heterocycles. The van der Waals surface area contributed by atoms with Crippen LogP contribution in [0.4, 0.5) is 10.5 Å². The summed E-state index contributed by atoms with van der Waals surface area (Å²) in [4.78, 5) is 47.5. The lowest BCUT2D eigenvalue weighted by molar-refractivity contribution is -0.136. The fourth-order valence-corrected chi connectivity index (χ4v) is 2.09. The van der Waals surface area contributed by atoms with Crippen LogP contribution in [0.2, 0.25) is 0 Å². The number of ketones is 1. The number of benzene rings is 1. The largest absolute Gasteiger partial charge is 0.536 e. The van der Waals surface area contributed by atoms with Gasteiger partial charge in [0.25, 0.3) is 5.78 Å². The number of para-hydroxylation sites is 1. The molecule has 0 aliphatic carbocycles. The maximum absolute atomic E-state index is 12.0. The van der Waals surface area contributed by atoms with E-state index in [0.29, 0.717) is 0 Å². The Hall–Kier alpha value is -2.34. The van der Waals surface area contributed by atoms with Crippen molar-refractivity contribution in [2.75, 3.05) is 7.11 Å². The molecule has 6 heteroatoms. The summed E-state index contributed by atoms with van der Waals surface area (Å²) >= 11 is 0. The Labute approximate surface area is 102 Å². The van der Waals surface area contributed by atoms with Gasteiger partial charge in [0.2, 0.25) is 0 Å². The zero-order valence-electron chi connectivity index (χ0n) is 9.80. The fourth-order valence-electron chi connectivity index (χ4n) is 2.09. The maximum Gasteiger partial charge on any atom is 0.536 e. The van der Waals surface area contributed by atoms with Crippen LogP contribution in [0.15, 0.2) is 24.3 Å². The van der Waals surface area contributed by atoms with E-state index in [-0.39, 0.29) is 11.3 Å². The minimum absolute atomic E-state index is 0.0480. The van der Waals surface area contributed by atoms with E-state index < -0.39 is 28.2 Å². The second-order valence-electron chi connectivity index (χ2n) is 3.81. The van der Waals surface area contributed by atoms with Gasteiger partial charge in [-0.25, -0.2) is 9.59 Å². The van der Waals surface area contributed by atoms with Gasteiger partial charge in [-0.3, -0.25) is 4.79 Å². The van der Waals surface area contributed by atoms with Crippen LogP contribution in [0.3, 0.4) is 0 Å². The van der Waals surface area contributed by atoms with Gasteiger partial charge in [-0.2, -0.15) is 4.79 Å². The number of amides is 3. The van der Waals surface area contributed by atoms with E-state index in [4.69, 9.17) is 0 Å². The van der Waals surface area contributed by atoms with Gasteiger partial charge in [-0.1, -0.05) is 16.6 Å². The van der Waals surface area contributed by atoms with Gasteiger partial charge >= 0.3 is 17.9 Å². The first kappa shape index (κ1) is 12.1. The minimum Gasteiger partial charge on any atom is -0.422 e. The van der Waals surface area contributed by atoms with Crippen LogP contribution < -0.4 is 4.48 Å². The standard InChI is InChI=1S/C12H10NO5/c1-7(14)13(12(17)18-2)9-6-4-3-5-8(9)10(15)11(13)16/h3-6H,1-2H3/q+1. The third-order valence-electron chi connectivity index (χ3n) is 2.93. The lowest BCUT2D eigenvalue weighted by atomic mass is 10.1. The SMILES string of the molecule is COC(=O)[N+]1(C(C)=O)C(=O)C(=O)c2ccccc21. The summed E-state index contributed by atoms with van der Waals surface area (Å²) in [5.74, 6) is -2.73. The molecule has 1 aromatic carbocycles. The minimum atomic E-state index is -1.33. The highest BCUT2D eigenvalue weighted by molar-refractivity contribution is 6.57. The van der Waals surface area contributed by atoms with Crippen molar-refractivity contribution in [2.24, 2.45) is 0 Å². The van der Waals surface area contributed by atoms with E-state index in [0.717, 1.165) is 14.0 Å². The normalized spacial score (nSPS) is 21.7. The number of quaternary nitrogens is 1. The maximum atomic E-state index is 12.0. The number of methoxy groups -OCH3 is 1. The van der Waals surface area contributed by atoms with Crippen molar-refractivity contribution in [1.82, 2.24) is 4.48 Å². The molecule has 0 bridgehead atoms. The van der Waals surface area contributed by atoms with Gasteiger partial charge in [0.15, 0.2) is 5.69 Å². The molecule has 0 radical (unpaired) electrons. The van der Waals surface area contributed by atoms with Gasteiger partial charge in [-0.15, -0.1) is 0 Å². The number of carbonyl (C=O) groups is 4. The van der Waals surface area contributed by atoms with Gasteiger partial charge in [0.05, 0.1) is 19.6 Å². The van der Waals surface area contributed by atoms with E-state index >= 15 is 0 Å². The number of hydrogen-bond donors (Lipinski definition) is 0. The van der Waals surface area contributed by atoms with Crippen molar-refractivity contribution in [3.05, 3.63) is 29.8 Å². The van der Waals surface area contributed by atoms with Crippen LogP contribution in [0.1, 0.15) is 17.3 Å². The summed E-state index contributed by atoms with van der Waals surface area (Å²) < 4.78 is 3.19. The molecule has 0 fully saturated rings. The highest BCUT2D eigenvalue weighted by Gasteiger charge is 2.63. The third-order valence-corrected chi connectivity index (χ3v) is 2.93. The second-order valence-corrected chi connectivity index (χ2v) is 3.81. The Bertz CT molecular complexity index is 592. The molecule has 1 atom stereocenters. The van der Waals surface area contributed by atoms with Gasteiger partial charge in [0, 0.05) is 6.07 Å². The molecule has 0 aromatic heterocycles. The van der Waals surface area contributed by atoms with Crippen LogP contribution in [0, 0.1) is 0 Å². The first-order valence-corrected chi connectivity index (χ1v) is 5.15. The summed E-state index contributed by atoms with van der Waals surface area (Å²) in [7, 11) is 1.06. The molecule has 0 saturated carbocycles. The van der Waals surface area contributed by atoms with Crippen LogP contribution >= 0.6 is 0 Å².